The van der Waals surface area contributed by atoms with Crippen LogP contribution in [-0.4, -0.2) is 32.3 Å². The lowest BCUT2D eigenvalue weighted by Crippen LogP contribution is -2.50. The molecule has 1 atom stereocenters. The summed E-state index contributed by atoms with van der Waals surface area (Å²) in [5.41, 5.74) is 8.69. The lowest BCUT2D eigenvalue weighted by molar-refractivity contribution is -0.136. The Morgan fingerprint density at radius 2 is 1.85 bits per heavy atom. The molecule has 2 heterocycles. The highest BCUT2D eigenvalue weighted by molar-refractivity contribution is 5.84. The predicted octanol–water partition coefficient (Wildman–Crippen LogP) is 3.05. The third-order valence-corrected chi connectivity index (χ3v) is 5.79. The molecule has 27 heavy (non-hydrogen) atoms. The number of nitrogens with two attached hydrogens (primary N) is 1. The summed E-state index contributed by atoms with van der Waals surface area (Å²) in [6, 6.07) is 16.3. The van der Waals surface area contributed by atoms with Crippen LogP contribution in [0.2, 0.25) is 0 Å². The number of rotatable bonds is 4. The molecule has 4 rings (SSSR count). The highest BCUT2D eigenvalue weighted by atomic mass is 16.5. The molecule has 1 amide bonds. The topological polar surface area (TPSA) is 73.6 Å². The molecule has 0 aromatic heterocycles. The first-order valence-electron chi connectivity index (χ1n) is 9.63. The van der Waals surface area contributed by atoms with Crippen LogP contribution in [0.3, 0.4) is 0 Å². The van der Waals surface area contributed by atoms with Gasteiger partial charge >= 0.3 is 0 Å². The number of hydrogen-bond donors (Lipinski definition) is 2. The molecule has 2 aliphatic rings. The van der Waals surface area contributed by atoms with E-state index >= 15 is 0 Å². The molecular weight excluding hydrogens is 340 g/mol. The molecule has 0 aliphatic carbocycles. The summed E-state index contributed by atoms with van der Waals surface area (Å²) in [5, 5.41) is 3.26. The Balaban J connectivity index is 1.61. The summed E-state index contributed by atoms with van der Waals surface area (Å²) in [6.07, 6.45) is 2.11. The summed E-state index contributed by atoms with van der Waals surface area (Å²) >= 11 is 0. The Kier molecular flexibility index (Phi) is 5.14. The maximum absolute atomic E-state index is 13.1. The third kappa shape index (κ3) is 3.45. The first-order valence-corrected chi connectivity index (χ1v) is 9.63. The molecule has 0 spiro atoms. The summed E-state index contributed by atoms with van der Waals surface area (Å²) < 4.78 is 11.5. The van der Waals surface area contributed by atoms with Crippen molar-refractivity contribution in [2.75, 3.05) is 26.4 Å². The van der Waals surface area contributed by atoms with Gasteiger partial charge in [-0.05, 0) is 18.4 Å². The molecule has 5 nitrogen and oxygen atoms in total. The van der Waals surface area contributed by atoms with Gasteiger partial charge in [-0.1, -0.05) is 48.5 Å². The van der Waals surface area contributed by atoms with Crippen LogP contribution >= 0.6 is 0 Å². The number of nitrogens with one attached hydrogen (secondary N) is 1. The van der Waals surface area contributed by atoms with Gasteiger partial charge in [0.05, 0.1) is 18.1 Å². The summed E-state index contributed by atoms with van der Waals surface area (Å²) in [4.78, 5) is 13.1. The van der Waals surface area contributed by atoms with E-state index in [1.54, 1.807) is 0 Å². The summed E-state index contributed by atoms with van der Waals surface area (Å²) in [5.74, 6) is 0.908. The highest BCUT2D eigenvalue weighted by Gasteiger charge is 2.40. The lowest BCUT2D eigenvalue weighted by atomic mass is 9.79. The fraction of sp³-hybridized carbons (Fsp3) is 0.409. The highest BCUT2D eigenvalue weighted by Crippen LogP contribution is 2.41. The number of hydrogen-bond acceptors (Lipinski definition) is 4. The van der Waals surface area contributed by atoms with E-state index in [1.807, 2.05) is 30.3 Å². The molecule has 0 radical (unpaired) electrons. The molecule has 2 aromatic rings. The Morgan fingerprint density at radius 3 is 2.59 bits per heavy atom. The van der Waals surface area contributed by atoms with Gasteiger partial charge < -0.3 is 20.5 Å². The van der Waals surface area contributed by atoms with Crippen molar-refractivity contribution >= 4 is 5.91 Å². The van der Waals surface area contributed by atoms with Crippen molar-refractivity contribution in [2.45, 2.75) is 25.3 Å². The predicted molar refractivity (Wildman–Crippen MR) is 104 cm³/mol. The number of para-hydroxylation sites is 1. The Morgan fingerprint density at radius 1 is 1.07 bits per heavy atom. The average molecular weight is 366 g/mol. The zero-order valence-electron chi connectivity index (χ0n) is 15.4. The van der Waals surface area contributed by atoms with E-state index in [1.165, 1.54) is 0 Å². The van der Waals surface area contributed by atoms with Gasteiger partial charge in [0.25, 0.3) is 0 Å². The largest absolute Gasteiger partial charge is 0.492 e. The second kappa shape index (κ2) is 7.71. The minimum absolute atomic E-state index is 0.0382. The van der Waals surface area contributed by atoms with Crippen molar-refractivity contribution in [3.8, 4) is 16.9 Å². The number of fused-ring (bicyclic) bond motifs is 1. The van der Waals surface area contributed by atoms with E-state index < -0.39 is 5.41 Å². The molecule has 3 N–H and O–H groups in total. The minimum Gasteiger partial charge on any atom is -0.492 e. The van der Waals surface area contributed by atoms with Crippen LogP contribution in [0.1, 0.15) is 30.9 Å². The van der Waals surface area contributed by atoms with E-state index in [4.69, 9.17) is 15.2 Å². The molecule has 2 aromatic carbocycles. The van der Waals surface area contributed by atoms with Crippen LogP contribution in [0.5, 0.6) is 5.75 Å². The molecule has 1 saturated heterocycles. The maximum Gasteiger partial charge on any atom is 0.228 e. The van der Waals surface area contributed by atoms with Gasteiger partial charge in [-0.15, -0.1) is 0 Å². The van der Waals surface area contributed by atoms with Gasteiger partial charge in [0.2, 0.25) is 5.91 Å². The Bertz CT molecular complexity index is 800. The van der Waals surface area contributed by atoms with E-state index in [9.17, 15) is 4.79 Å². The first-order chi connectivity index (χ1) is 13.2. The van der Waals surface area contributed by atoms with E-state index in [2.05, 4.69) is 23.5 Å². The van der Waals surface area contributed by atoms with Crippen molar-refractivity contribution in [3.05, 3.63) is 54.1 Å². The Labute approximate surface area is 159 Å². The smallest absolute Gasteiger partial charge is 0.228 e. The number of carbonyl (C=O) groups excluding carboxylic acids is 1. The zero-order chi connectivity index (χ0) is 18.7. The van der Waals surface area contributed by atoms with Gasteiger partial charge in [0, 0.05) is 37.3 Å². The van der Waals surface area contributed by atoms with Crippen molar-refractivity contribution in [1.29, 1.82) is 0 Å². The van der Waals surface area contributed by atoms with Crippen LogP contribution in [0.4, 0.5) is 0 Å². The second-order valence-electron chi connectivity index (χ2n) is 7.35. The van der Waals surface area contributed by atoms with Gasteiger partial charge in [-0.3, -0.25) is 4.79 Å². The molecule has 2 aliphatic heterocycles. The number of amides is 1. The van der Waals surface area contributed by atoms with Crippen molar-refractivity contribution in [2.24, 2.45) is 11.1 Å². The van der Waals surface area contributed by atoms with Crippen LogP contribution in [0, 0.1) is 5.41 Å². The monoisotopic (exact) mass is 366 g/mol. The van der Waals surface area contributed by atoms with Gasteiger partial charge in [-0.25, -0.2) is 0 Å². The molecule has 142 valence electrons. The standard InChI is InChI=1S/C22H26N2O3/c23-15-22(10-13-26-14-11-22)21(25)24-19-9-12-27-20-17(7-4-8-18(19)20)16-5-2-1-3-6-16/h1-8,19H,9-15,23H2,(H,24,25). The van der Waals surface area contributed by atoms with E-state index in [-0.39, 0.29) is 11.9 Å². The molecule has 1 unspecified atom stereocenters. The number of carbonyl (C=O) groups is 1. The maximum atomic E-state index is 13.1. The number of benzene rings is 2. The van der Waals surface area contributed by atoms with Gasteiger partial charge in [0.15, 0.2) is 0 Å². The average Bonchev–Trinajstić information content (AvgIpc) is 2.74. The fourth-order valence-corrected chi connectivity index (χ4v) is 4.02. The van der Waals surface area contributed by atoms with Crippen LogP contribution in [-0.2, 0) is 9.53 Å². The van der Waals surface area contributed by atoms with Crippen LogP contribution in [0.15, 0.2) is 48.5 Å². The van der Waals surface area contributed by atoms with Crippen LogP contribution < -0.4 is 15.8 Å². The van der Waals surface area contributed by atoms with Crippen molar-refractivity contribution in [3.63, 3.8) is 0 Å². The zero-order valence-corrected chi connectivity index (χ0v) is 15.4. The fourth-order valence-electron chi connectivity index (χ4n) is 4.02. The summed E-state index contributed by atoms with van der Waals surface area (Å²) in [7, 11) is 0. The van der Waals surface area contributed by atoms with Crippen molar-refractivity contribution in [1.82, 2.24) is 5.32 Å². The summed E-state index contributed by atoms with van der Waals surface area (Å²) in [6.45, 7) is 2.11. The minimum atomic E-state index is -0.520. The van der Waals surface area contributed by atoms with Gasteiger partial charge in [0.1, 0.15) is 5.75 Å². The SMILES string of the molecule is NCC1(C(=O)NC2CCOc3c(-c4ccccc4)cccc32)CCOCC1. The molecule has 1 fully saturated rings. The molecule has 5 heteroatoms. The molecule has 0 saturated carbocycles. The second-order valence-corrected chi connectivity index (χ2v) is 7.35. The normalized spacial score (nSPS) is 21.0. The van der Waals surface area contributed by atoms with Crippen LogP contribution in [0.25, 0.3) is 11.1 Å². The first kappa shape index (κ1) is 18.0. The quantitative estimate of drug-likeness (QED) is 0.872. The number of ether oxygens (including phenoxy) is 2. The Hall–Kier alpha value is -2.37. The third-order valence-electron chi connectivity index (χ3n) is 5.79. The molecule has 0 bridgehead atoms. The van der Waals surface area contributed by atoms with Gasteiger partial charge in [-0.2, -0.15) is 0 Å². The molecular formula is C22H26N2O3. The van der Waals surface area contributed by atoms with E-state index in [0.29, 0.717) is 39.2 Å². The lowest BCUT2D eigenvalue weighted by Gasteiger charge is -2.37. The van der Waals surface area contributed by atoms with Crippen molar-refractivity contribution < 1.29 is 14.3 Å². The van der Waals surface area contributed by atoms with E-state index in [0.717, 1.165) is 28.9 Å².